The number of carbonyl (C=O) groups is 1. The lowest BCUT2D eigenvalue weighted by Crippen LogP contribution is -2.11. The second kappa shape index (κ2) is 7.94. The zero-order valence-corrected chi connectivity index (χ0v) is 13.1. The Morgan fingerprint density at radius 3 is 2.61 bits per heavy atom. The van der Waals surface area contributed by atoms with Gasteiger partial charge in [0.1, 0.15) is 5.75 Å². The summed E-state index contributed by atoms with van der Waals surface area (Å²) in [6.07, 6.45) is 2.72. The highest BCUT2D eigenvalue weighted by molar-refractivity contribution is 6.35. The predicted molar refractivity (Wildman–Crippen MR) is 87.2 cm³/mol. The number of rotatable bonds is 5. The van der Waals surface area contributed by atoms with E-state index in [0.717, 1.165) is 0 Å². The Kier molecular flexibility index (Phi) is 5.96. The van der Waals surface area contributed by atoms with E-state index in [9.17, 15) is 13.6 Å². The van der Waals surface area contributed by atoms with Crippen molar-refractivity contribution in [3.8, 4) is 5.75 Å². The minimum Gasteiger partial charge on any atom is -0.433 e. The Morgan fingerprint density at radius 1 is 1.17 bits per heavy atom. The van der Waals surface area contributed by atoms with Crippen molar-refractivity contribution in [2.45, 2.75) is 6.61 Å². The van der Waals surface area contributed by atoms with Gasteiger partial charge in [-0.1, -0.05) is 41.4 Å². The van der Waals surface area contributed by atoms with E-state index in [1.807, 2.05) is 0 Å². The molecule has 2 aromatic rings. The van der Waals surface area contributed by atoms with Crippen molar-refractivity contribution in [2.24, 2.45) is 0 Å². The van der Waals surface area contributed by atoms with E-state index < -0.39 is 12.5 Å². The summed E-state index contributed by atoms with van der Waals surface area (Å²) < 4.78 is 29.0. The van der Waals surface area contributed by atoms with Gasteiger partial charge in [0.15, 0.2) is 0 Å². The van der Waals surface area contributed by atoms with Crippen LogP contribution in [-0.4, -0.2) is 12.5 Å². The number of halogens is 4. The lowest BCUT2D eigenvalue weighted by molar-refractivity contribution is -0.111. The molecule has 23 heavy (non-hydrogen) atoms. The second-order valence-corrected chi connectivity index (χ2v) is 5.21. The van der Waals surface area contributed by atoms with Gasteiger partial charge in [-0.25, -0.2) is 0 Å². The van der Waals surface area contributed by atoms with Crippen LogP contribution in [0.5, 0.6) is 5.75 Å². The number of alkyl halides is 2. The van der Waals surface area contributed by atoms with E-state index in [0.29, 0.717) is 15.6 Å². The fourth-order valence-corrected chi connectivity index (χ4v) is 2.22. The van der Waals surface area contributed by atoms with Crippen LogP contribution < -0.4 is 10.1 Å². The molecular weight excluding hydrogens is 347 g/mol. The molecule has 0 saturated heterocycles. The van der Waals surface area contributed by atoms with Gasteiger partial charge in [-0.15, -0.1) is 0 Å². The van der Waals surface area contributed by atoms with Crippen LogP contribution in [0.25, 0.3) is 6.08 Å². The molecule has 0 aliphatic heterocycles. The van der Waals surface area contributed by atoms with Crippen LogP contribution in [0, 0.1) is 0 Å². The van der Waals surface area contributed by atoms with E-state index in [1.54, 1.807) is 24.3 Å². The summed E-state index contributed by atoms with van der Waals surface area (Å²) >= 11 is 11.8. The summed E-state index contributed by atoms with van der Waals surface area (Å²) in [4.78, 5) is 11.9. The monoisotopic (exact) mass is 357 g/mol. The number of para-hydroxylation sites is 2. The molecule has 0 unspecified atom stereocenters. The van der Waals surface area contributed by atoms with Crippen LogP contribution in [0.15, 0.2) is 48.5 Å². The smallest absolute Gasteiger partial charge is 0.387 e. The number of carbonyl (C=O) groups excluding carboxylic acids is 1. The Balaban J connectivity index is 2.09. The molecule has 1 amide bonds. The highest BCUT2D eigenvalue weighted by Gasteiger charge is 2.10. The fraction of sp³-hybridized carbons (Fsp3) is 0.0625. The number of hydrogen-bond acceptors (Lipinski definition) is 2. The van der Waals surface area contributed by atoms with E-state index in [2.05, 4.69) is 10.1 Å². The maximum atomic E-state index is 12.3. The molecule has 0 aliphatic rings. The van der Waals surface area contributed by atoms with Crippen molar-refractivity contribution < 1.29 is 18.3 Å². The molecule has 0 heterocycles. The fourth-order valence-electron chi connectivity index (χ4n) is 1.75. The quantitative estimate of drug-likeness (QED) is 0.742. The molecule has 0 bridgehead atoms. The molecule has 2 aromatic carbocycles. The van der Waals surface area contributed by atoms with Crippen LogP contribution in [-0.2, 0) is 4.79 Å². The summed E-state index contributed by atoms with van der Waals surface area (Å²) in [7, 11) is 0. The first-order valence-corrected chi connectivity index (χ1v) is 7.19. The normalized spacial score (nSPS) is 11.0. The summed E-state index contributed by atoms with van der Waals surface area (Å²) in [5.74, 6) is -0.630. The van der Waals surface area contributed by atoms with Crippen LogP contribution in [0.3, 0.4) is 0 Å². The maximum absolute atomic E-state index is 12.3. The van der Waals surface area contributed by atoms with Crippen molar-refractivity contribution in [2.75, 3.05) is 5.32 Å². The van der Waals surface area contributed by atoms with Gasteiger partial charge in [0, 0.05) is 16.1 Å². The first-order chi connectivity index (χ1) is 11.0. The molecule has 0 fully saturated rings. The van der Waals surface area contributed by atoms with E-state index in [4.69, 9.17) is 23.2 Å². The van der Waals surface area contributed by atoms with Crippen LogP contribution in [0.2, 0.25) is 10.0 Å². The first kappa shape index (κ1) is 17.2. The van der Waals surface area contributed by atoms with E-state index >= 15 is 0 Å². The second-order valence-electron chi connectivity index (χ2n) is 4.36. The summed E-state index contributed by atoms with van der Waals surface area (Å²) in [6.45, 7) is -2.98. The number of hydrogen-bond donors (Lipinski definition) is 1. The Bertz CT molecular complexity index is 736. The molecule has 0 spiro atoms. The maximum Gasteiger partial charge on any atom is 0.387 e. The van der Waals surface area contributed by atoms with E-state index in [1.165, 1.54) is 30.4 Å². The number of amides is 1. The topological polar surface area (TPSA) is 38.3 Å². The molecule has 1 N–H and O–H groups in total. The number of ether oxygens (including phenoxy) is 1. The Labute approximate surface area is 141 Å². The molecule has 0 atom stereocenters. The highest BCUT2D eigenvalue weighted by Crippen LogP contribution is 2.26. The van der Waals surface area contributed by atoms with Gasteiger partial charge in [-0.3, -0.25) is 4.79 Å². The number of benzene rings is 2. The highest BCUT2D eigenvalue weighted by atomic mass is 35.5. The number of nitrogens with one attached hydrogen (secondary N) is 1. The minimum atomic E-state index is -2.98. The van der Waals surface area contributed by atoms with Gasteiger partial charge in [-0.05, 0) is 35.9 Å². The summed E-state index contributed by atoms with van der Waals surface area (Å²) in [6, 6.07) is 10.7. The summed E-state index contributed by atoms with van der Waals surface area (Å²) in [5, 5.41) is 3.34. The number of anilines is 1. The molecule has 0 saturated carbocycles. The SMILES string of the molecule is O=C(/C=C/c1ccc(Cl)cc1Cl)Nc1ccccc1OC(F)F. The largest absolute Gasteiger partial charge is 0.433 e. The third kappa shape index (κ3) is 5.23. The van der Waals surface area contributed by atoms with Crippen molar-refractivity contribution in [1.29, 1.82) is 0 Å². The molecule has 3 nitrogen and oxygen atoms in total. The standard InChI is InChI=1S/C16H11Cl2F2NO2/c17-11-7-5-10(12(18)9-11)6-8-15(22)21-13-3-1-2-4-14(13)23-16(19)20/h1-9,16H,(H,21,22)/b8-6+. The lowest BCUT2D eigenvalue weighted by atomic mass is 10.2. The van der Waals surface area contributed by atoms with Gasteiger partial charge >= 0.3 is 6.61 Å². The van der Waals surface area contributed by atoms with Crippen LogP contribution in [0.4, 0.5) is 14.5 Å². The van der Waals surface area contributed by atoms with Crippen molar-refractivity contribution in [3.63, 3.8) is 0 Å². The van der Waals surface area contributed by atoms with Gasteiger partial charge < -0.3 is 10.1 Å². The van der Waals surface area contributed by atoms with Gasteiger partial charge in [0.05, 0.1) is 5.69 Å². The third-order valence-corrected chi connectivity index (χ3v) is 3.30. The lowest BCUT2D eigenvalue weighted by Gasteiger charge is -2.10. The average Bonchev–Trinajstić information content (AvgIpc) is 2.48. The van der Waals surface area contributed by atoms with Crippen molar-refractivity contribution >= 4 is 40.9 Å². The van der Waals surface area contributed by atoms with Crippen LogP contribution in [0.1, 0.15) is 5.56 Å². The van der Waals surface area contributed by atoms with Crippen molar-refractivity contribution in [1.82, 2.24) is 0 Å². The Morgan fingerprint density at radius 2 is 1.91 bits per heavy atom. The molecular formula is C16H11Cl2F2NO2. The van der Waals surface area contributed by atoms with Crippen LogP contribution >= 0.6 is 23.2 Å². The molecule has 7 heteroatoms. The molecule has 0 aromatic heterocycles. The van der Waals surface area contributed by atoms with Gasteiger partial charge in [-0.2, -0.15) is 8.78 Å². The zero-order valence-electron chi connectivity index (χ0n) is 11.6. The van der Waals surface area contributed by atoms with Gasteiger partial charge in [0.25, 0.3) is 0 Å². The first-order valence-electron chi connectivity index (χ1n) is 6.43. The predicted octanol–water partition coefficient (Wildman–Crippen LogP) is 5.25. The molecule has 2 rings (SSSR count). The molecule has 0 radical (unpaired) electrons. The zero-order chi connectivity index (χ0) is 16.8. The third-order valence-electron chi connectivity index (χ3n) is 2.74. The average molecular weight is 358 g/mol. The Hall–Kier alpha value is -2.11. The van der Waals surface area contributed by atoms with Crippen molar-refractivity contribution in [3.05, 3.63) is 64.1 Å². The molecule has 120 valence electrons. The minimum absolute atomic E-state index is 0.117. The van der Waals surface area contributed by atoms with Gasteiger partial charge in [0.2, 0.25) is 5.91 Å². The molecule has 0 aliphatic carbocycles. The summed E-state index contributed by atoms with van der Waals surface area (Å²) in [5.41, 5.74) is 0.744. The van der Waals surface area contributed by atoms with E-state index in [-0.39, 0.29) is 11.4 Å².